The average Bonchev–Trinajstić information content (AvgIpc) is 2.33. The maximum absolute atomic E-state index is 11.6. The van der Waals surface area contributed by atoms with Gasteiger partial charge in [0.25, 0.3) is 0 Å². The van der Waals surface area contributed by atoms with Gasteiger partial charge in [-0.15, -0.1) is 0 Å². The molecule has 0 atom stereocenters. The molecule has 0 heterocycles. The number of nitrogens with one attached hydrogen (secondary N) is 2. The van der Waals surface area contributed by atoms with E-state index >= 15 is 0 Å². The minimum absolute atomic E-state index is 0. The Morgan fingerprint density at radius 3 is 1.89 bits per heavy atom. The van der Waals surface area contributed by atoms with E-state index in [2.05, 4.69) is 10.6 Å². The molecular formula is C13H11AuN2OS. The number of carbonyl (C=O) groups excluding carboxylic acids is 1. The predicted octanol–water partition coefficient (Wildman–Crippen LogP) is 3.23. The van der Waals surface area contributed by atoms with Crippen molar-refractivity contribution in [1.29, 1.82) is 0 Å². The number of rotatable bonds is 2. The van der Waals surface area contributed by atoms with Gasteiger partial charge < -0.3 is 23.3 Å². The summed E-state index contributed by atoms with van der Waals surface area (Å²) in [5.41, 5.74) is 1.47. The smallest absolute Gasteiger partial charge is 0.780 e. The van der Waals surface area contributed by atoms with Gasteiger partial charge in [0, 0.05) is 11.4 Å². The Morgan fingerprint density at radius 1 is 0.833 bits per heavy atom. The van der Waals surface area contributed by atoms with Gasteiger partial charge in [-0.2, -0.15) is 4.90 Å². The molecule has 0 spiro atoms. The van der Waals surface area contributed by atoms with Crippen LogP contribution in [0.1, 0.15) is 0 Å². The van der Waals surface area contributed by atoms with Crippen LogP contribution in [0.5, 0.6) is 0 Å². The summed E-state index contributed by atoms with van der Waals surface area (Å²) in [7, 11) is 0. The molecule has 0 fully saturated rings. The fourth-order valence-electron chi connectivity index (χ4n) is 1.35. The van der Waals surface area contributed by atoms with Gasteiger partial charge in [-0.3, -0.25) is 0 Å². The summed E-state index contributed by atoms with van der Waals surface area (Å²) in [4.78, 5) is 12.4. The minimum atomic E-state index is -0.270. The predicted molar refractivity (Wildman–Crippen MR) is 71.2 cm³/mol. The molecule has 2 aromatic rings. The third-order valence-electron chi connectivity index (χ3n) is 2.14. The van der Waals surface area contributed by atoms with Crippen LogP contribution in [0.15, 0.2) is 59.5 Å². The van der Waals surface area contributed by atoms with Crippen molar-refractivity contribution >= 4 is 30.0 Å². The number of carbonyl (C=O) groups is 1. The van der Waals surface area contributed by atoms with E-state index in [1.807, 2.05) is 30.3 Å². The zero-order chi connectivity index (χ0) is 12.1. The molecule has 0 saturated carbocycles. The molecular weight excluding hydrogens is 429 g/mol. The Hall–Kier alpha value is -1.33. The van der Waals surface area contributed by atoms with E-state index in [-0.39, 0.29) is 28.4 Å². The van der Waals surface area contributed by atoms with Crippen LogP contribution in [0, 0.1) is 0 Å². The average molecular weight is 440 g/mol. The molecule has 2 amide bonds. The number of amides is 2. The molecule has 0 aromatic heterocycles. The maximum atomic E-state index is 11.6. The van der Waals surface area contributed by atoms with Crippen molar-refractivity contribution in [3.8, 4) is 0 Å². The van der Waals surface area contributed by atoms with Crippen molar-refractivity contribution in [2.24, 2.45) is 0 Å². The largest absolute Gasteiger partial charge is 1.00 e. The monoisotopic (exact) mass is 440 g/mol. The Morgan fingerprint density at radius 2 is 1.33 bits per heavy atom. The molecule has 0 aliphatic rings. The molecule has 5 heteroatoms. The van der Waals surface area contributed by atoms with Crippen LogP contribution < -0.4 is 10.6 Å². The Kier molecular flexibility index (Phi) is 5.88. The molecule has 0 aliphatic heterocycles. The zero-order valence-electron chi connectivity index (χ0n) is 9.31. The van der Waals surface area contributed by atoms with Crippen molar-refractivity contribution in [3.05, 3.63) is 54.6 Å². The third-order valence-corrected chi connectivity index (χ3v) is 2.42. The van der Waals surface area contributed by atoms with Crippen molar-refractivity contribution in [3.63, 3.8) is 0 Å². The Labute approximate surface area is 127 Å². The van der Waals surface area contributed by atoms with E-state index in [0.29, 0.717) is 5.69 Å². The van der Waals surface area contributed by atoms with Gasteiger partial charge in [0.2, 0.25) is 0 Å². The number of urea groups is 1. The molecule has 2 rings (SSSR count). The van der Waals surface area contributed by atoms with E-state index in [1.165, 1.54) is 0 Å². The summed E-state index contributed by atoms with van der Waals surface area (Å²) >= 11 is 4.96. The van der Waals surface area contributed by atoms with Gasteiger partial charge in [-0.25, -0.2) is 4.79 Å². The van der Waals surface area contributed by atoms with E-state index < -0.39 is 0 Å². The van der Waals surface area contributed by atoms with Crippen molar-refractivity contribution in [2.75, 3.05) is 10.6 Å². The molecule has 0 saturated heterocycles. The molecule has 0 radical (unpaired) electrons. The molecule has 0 aliphatic carbocycles. The molecule has 3 nitrogen and oxygen atoms in total. The van der Waals surface area contributed by atoms with Crippen LogP contribution in [0.2, 0.25) is 0 Å². The summed E-state index contributed by atoms with van der Waals surface area (Å²) in [6, 6.07) is 16.1. The topological polar surface area (TPSA) is 41.1 Å². The molecule has 0 bridgehead atoms. The SMILES string of the molecule is O=C(Nc1ccccc1)Nc1ccc([S-])cc1.[Au+]. The summed E-state index contributed by atoms with van der Waals surface area (Å²) in [6.07, 6.45) is 0. The third kappa shape index (κ3) is 4.50. The first-order chi connectivity index (χ1) is 8.24. The van der Waals surface area contributed by atoms with E-state index in [0.717, 1.165) is 10.6 Å². The van der Waals surface area contributed by atoms with Crippen LogP contribution in [0.4, 0.5) is 16.2 Å². The van der Waals surface area contributed by atoms with Gasteiger partial charge >= 0.3 is 28.4 Å². The number of hydrogen-bond donors (Lipinski definition) is 2. The summed E-state index contributed by atoms with van der Waals surface area (Å²) < 4.78 is 0. The number of benzene rings is 2. The molecule has 2 N–H and O–H groups in total. The maximum Gasteiger partial charge on any atom is 1.00 e. The second-order valence-electron chi connectivity index (χ2n) is 3.47. The van der Waals surface area contributed by atoms with Crippen LogP contribution in [0.3, 0.4) is 0 Å². The summed E-state index contributed by atoms with van der Waals surface area (Å²) in [5, 5.41) is 5.45. The summed E-state index contributed by atoms with van der Waals surface area (Å²) in [5.74, 6) is 0. The Balaban J connectivity index is 0.00000162. The van der Waals surface area contributed by atoms with E-state index in [1.54, 1.807) is 24.3 Å². The normalized spacial score (nSPS) is 9.11. The van der Waals surface area contributed by atoms with Crippen molar-refractivity contribution < 1.29 is 27.2 Å². The first-order valence-corrected chi connectivity index (χ1v) is 5.55. The van der Waals surface area contributed by atoms with Gasteiger partial charge in [0.15, 0.2) is 0 Å². The van der Waals surface area contributed by atoms with Crippen molar-refractivity contribution in [1.82, 2.24) is 0 Å². The molecule has 18 heavy (non-hydrogen) atoms. The fraction of sp³-hybridized carbons (Fsp3) is 0. The van der Waals surface area contributed by atoms with Gasteiger partial charge in [0.1, 0.15) is 0 Å². The van der Waals surface area contributed by atoms with Crippen LogP contribution in [0.25, 0.3) is 0 Å². The zero-order valence-corrected chi connectivity index (χ0v) is 12.3. The van der Waals surface area contributed by atoms with Crippen molar-refractivity contribution in [2.45, 2.75) is 4.90 Å². The van der Waals surface area contributed by atoms with Gasteiger partial charge in [0.05, 0.1) is 0 Å². The second-order valence-corrected chi connectivity index (χ2v) is 3.94. The number of para-hydroxylation sites is 1. The van der Waals surface area contributed by atoms with E-state index in [9.17, 15) is 4.79 Å². The van der Waals surface area contributed by atoms with Crippen LogP contribution in [-0.2, 0) is 35.0 Å². The first kappa shape index (κ1) is 14.7. The van der Waals surface area contributed by atoms with Crippen LogP contribution >= 0.6 is 0 Å². The first-order valence-electron chi connectivity index (χ1n) is 5.14. The minimum Gasteiger partial charge on any atom is -0.780 e. The quantitative estimate of drug-likeness (QED) is 0.557. The van der Waals surface area contributed by atoms with Crippen LogP contribution in [-0.4, -0.2) is 6.03 Å². The Bertz CT molecular complexity index is 502. The fourth-order valence-corrected chi connectivity index (χ4v) is 1.49. The number of hydrogen-bond acceptors (Lipinski definition) is 2. The van der Waals surface area contributed by atoms with Gasteiger partial charge in [-0.05, 0) is 24.3 Å². The molecule has 96 valence electrons. The molecule has 2 aromatic carbocycles. The molecule has 0 unspecified atom stereocenters. The van der Waals surface area contributed by atoms with E-state index in [4.69, 9.17) is 12.6 Å². The van der Waals surface area contributed by atoms with Gasteiger partial charge in [-0.1, -0.05) is 30.3 Å². The summed E-state index contributed by atoms with van der Waals surface area (Å²) in [6.45, 7) is 0. The second kappa shape index (κ2) is 7.18. The number of anilines is 2. The standard InChI is InChI=1S/C13H12N2OS.Au/c16-13(14-10-4-2-1-3-5-10)15-11-6-8-12(17)9-7-11;/h1-9,17H,(H2,14,15,16);/q;+1/p-1.